The fourth-order valence-corrected chi connectivity index (χ4v) is 8.83. The van der Waals surface area contributed by atoms with Gasteiger partial charge in [0.1, 0.15) is 0 Å². The topological polar surface area (TPSA) is 87.6 Å². The molecule has 0 aromatic heterocycles. The van der Waals surface area contributed by atoms with E-state index in [4.69, 9.17) is 20.9 Å². The van der Waals surface area contributed by atoms with Crippen LogP contribution in [0.25, 0.3) is 0 Å². The van der Waals surface area contributed by atoms with Crippen LogP contribution in [0, 0.1) is 10.8 Å². The number of rotatable bonds is 20. The normalized spacial score (nSPS) is 14.6. The Morgan fingerprint density at radius 3 is 0.958 bits per heavy atom. The summed E-state index contributed by atoms with van der Waals surface area (Å²) in [5.41, 5.74) is 13.0. The molecule has 5 heteroatoms. The predicted octanol–water partition coefficient (Wildman–Crippen LogP) is 8.09. The quantitative estimate of drug-likeness (QED) is 0.0946. The molecule has 0 bridgehead atoms. The summed E-state index contributed by atoms with van der Waals surface area (Å²) in [6, 6.07) is 42.2. The molecule has 0 aliphatic heterocycles. The van der Waals surface area contributed by atoms with Crippen molar-refractivity contribution >= 4 is 5.78 Å². The number of benzene rings is 4. The Morgan fingerprint density at radius 2 is 0.750 bits per heavy atom. The second kappa shape index (κ2) is 17.2. The first-order valence-electron chi connectivity index (χ1n) is 17.8. The SMILES string of the molecule is CCC(COCCN)(C(=O)C(CC)(COCCN)C(CC)(c1ccccc1)c1ccccc1)C(CC)(c1ccccc1)c1ccccc1. The fourth-order valence-electron chi connectivity index (χ4n) is 8.83. The summed E-state index contributed by atoms with van der Waals surface area (Å²) in [7, 11) is 0. The molecule has 0 saturated heterocycles. The van der Waals surface area contributed by atoms with E-state index in [-0.39, 0.29) is 19.0 Å². The van der Waals surface area contributed by atoms with E-state index in [1.165, 1.54) is 0 Å². The average Bonchev–Trinajstić information content (AvgIpc) is 3.16. The summed E-state index contributed by atoms with van der Waals surface area (Å²) < 4.78 is 13.1. The molecule has 0 saturated carbocycles. The lowest BCUT2D eigenvalue weighted by atomic mass is 9.44. The van der Waals surface area contributed by atoms with Crippen LogP contribution in [0.2, 0.25) is 0 Å². The Balaban J connectivity index is 2.20. The zero-order valence-corrected chi connectivity index (χ0v) is 29.5. The summed E-state index contributed by atoms with van der Waals surface area (Å²) in [6.45, 7) is 10.6. The smallest absolute Gasteiger partial charge is 0.152 e. The lowest BCUT2D eigenvalue weighted by molar-refractivity contribution is -0.159. The van der Waals surface area contributed by atoms with E-state index in [9.17, 15) is 0 Å². The zero-order valence-electron chi connectivity index (χ0n) is 29.5. The second-order valence-electron chi connectivity index (χ2n) is 12.9. The summed E-state index contributed by atoms with van der Waals surface area (Å²) >= 11 is 0. The molecule has 0 radical (unpaired) electrons. The lowest BCUT2D eigenvalue weighted by Crippen LogP contribution is -2.64. The van der Waals surface area contributed by atoms with Gasteiger partial charge in [0.15, 0.2) is 5.78 Å². The molecule has 4 aromatic carbocycles. The number of hydrogen-bond donors (Lipinski definition) is 2. The Bertz CT molecular complexity index is 1320. The van der Waals surface area contributed by atoms with Crippen LogP contribution in [0.3, 0.4) is 0 Å². The molecular weight excluding hydrogens is 592 g/mol. The first-order chi connectivity index (χ1) is 23.4. The molecule has 4 rings (SSSR count). The lowest BCUT2D eigenvalue weighted by Gasteiger charge is -2.58. The maximum Gasteiger partial charge on any atom is 0.152 e. The molecule has 0 spiro atoms. The molecule has 0 aliphatic rings. The third kappa shape index (κ3) is 6.42. The Labute approximate surface area is 289 Å². The van der Waals surface area contributed by atoms with Gasteiger partial charge in [-0.05, 0) is 47.9 Å². The molecule has 48 heavy (non-hydrogen) atoms. The van der Waals surface area contributed by atoms with Crippen LogP contribution in [0.5, 0.6) is 0 Å². The fraction of sp³-hybridized carbons (Fsp3) is 0.419. The minimum atomic E-state index is -1.01. The number of hydrogen-bond acceptors (Lipinski definition) is 5. The molecule has 256 valence electrons. The molecule has 0 aliphatic carbocycles. The van der Waals surface area contributed by atoms with Crippen LogP contribution < -0.4 is 11.5 Å². The van der Waals surface area contributed by atoms with Crippen molar-refractivity contribution in [1.82, 2.24) is 0 Å². The van der Waals surface area contributed by atoms with E-state index in [2.05, 4.69) is 125 Å². The van der Waals surface area contributed by atoms with Crippen molar-refractivity contribution in [3.63, 3.8) is 0 Å². The molecule has 2 unspecified atom stereocenters. The molecule has 2 atom stereocenters. The summed E-state index contributed by atoms with van der Waals surface area (Å²) in [5.74, 6) is 0.151. The van der Waals surface area contributed by atoms with E-state index in [0.29, 0.717) is 52.0 Å². The van der Waals surface area contributed by atoms with Gasteiger partial charge in [-0.15, -0.1) is 0 Å². The highest BCUT2D eigenvalue weighted by Crippen LogP contribution is 2.61. The van der Waals surface area contributed by atoms with Crippen LogP contribution in [-0.2, 0) is 25.1 Å². The Kier molecular flexibility index (Phi) is 13.3. The number of carbonyl (C=O) groups excluding carboxylic acids is 1. The van der Waals surface area contributed by atoms with Gasteiger partial charge in [-0.2, -0.15) is 0 Å². The summed E-state index contributed by atoms with van der Waals surface area (Å²) in [4.78, 5) is 16.8. The van der Waals surface area contributed by atoms with Crippen LogP contribution in [0.15, 0.2) is 121 Å². The monoisotopic (exact) mass is 648 g/mol. The third-order valence-electron chi connectivity index (χ3n) is 11.1. The van der Waals surface area contributed by atoms with Gasteiger partial charge >= 0.3 is 0 Å². The number of nitrogens with two attached hydrogens (primary N) is 2. The van der Waals surface area contributed by atoms with Crippen molar-refractivity contribution < 1.29 is 14.3 Å². The van der Waals surface area contributed by atoms with E-state index in [1.807, 2.05) is 24.3 Å². The van der Waals surface area contributed by atoms with Gasteiger partial charge in [0, 0.05) is 23.9 Å². The average molecular weight is 649 g/mol. The summed E-state index contributed by atoms with van der Waals surface area (Å²) in [5, 5.41) is 0. The van der Waals surface area contributed by atoms with Gasteiger partial charge in [0.2, 0.25) is 0 Å². The van der Waals surface area contributed by atoms with Crippen LogP contribution in [0.4, 0.5) is 0 Å². The van der Waals surface area contributed by atoms with Crippen molar-refractivity contribution in [1.29, 1.82) is 0 Å². The first kappa shape index (κ1) is 37.2. The Hall–Kier alpha value is -3.61. The predicted molar refractivity (Wildman–Crippen MR) is 198 cm³/mol. The van der Waals surface area contributed by atoms with Crippen LogP contribution in [0.1, 0.15) is 75.6 Å². The highest BCUT2D eigenvalue weighted by molar-refractivity contribution is 5.95. The number of Topliss-reactive ketones (excluding diaryl/α,β-unsaturated/α-hetero) is 1. The molecule has 0 fully saturated rings. The molecular formula is C43H56N2O3. The highest BCUT2D eigenvalue weighted by atomic mass is 16.5. The van der Waals surface area contributed by atoms with Gasteiger partial charge in [0.25, 0.3) is 0 Å². The largest absolute Gasteiger partial charge is 0.379 e. The molecule has 5 nitrogen and oxygen atoms in total. The van der Waals surface area contributed by atoms with E-state index < -0.39 is 21.7 Å². The van der Waals surface area contributed by atoms with Crippen molar-refractivity contribution in [3.05, 3.63) is 144 Å². The van der Waals surface area contributed by atoms with Crippen LogP contribution >= 0.6 is 0 Å². The number of ketones is 1. The molecule has 0 amide bonds. The number of carbonyl (C=O) groups is 1. The van der Waals surface area contributed by atoms with Crippen molar-refractivity contribution in [3.8, 4) is 0 Å². The molecule has 4 N–H and O–H groups in total. The van der Waals surface area contributed by atoms with Gasteiger partial charge in [0.05, 0.1) is 37.3 Å². The van der Waals surface area contributed by atoms with Crippen molar-refractivity contribution in [2.75, 3.05) is 39.5 Å². The maximum absolute atomic E-state index is 16.8. The van der Waals surface area contributed by atoms with Gasteiger partial charge in [-0.3, -0.25) is 4.79 Å². The highest BCUT2D eigenvalue weighted by Gasteiger charge is 2.66. The summed E-state index contributed by atoms with van der Waals surface area (Å²) in [6.07, 6.45) is 2.48. The van der Waals surface area contributed by atoms with Crippen LogP contribution in [-0.4, -0.2) is 45.3 Å². The van der Waals surface area contributed by atoms with E-state index in [0.717, 1.165) is 22.3 Å². The minimum Gasteiger partial charge on any atom is -0.379 e. The Morgan fingerprint density at radius 1 is 0.479 bits per heavy atom. The number of ether oxygens (including phenoxy) is 2. The maximum atomic E-state index is 16.8. The van der Waals surface area contributed by atoms with Gasteiger partial charge < -0.3 is 20.9 Å². The van der Waals surface area contributed by atoms with Gasteiger partial charge in [-0.1, -0.05) is 149 Å². The second-order valence-corrected chi connectivity index (χ2v) is 12.9. The zero-order chi connectivity index (χ0) is 34.5. The van der Waals surface area contributed by atoms with E-state index in [1.54, 1.807) is 0 Å². The van der Waals surface area contributed by atoms with Gasteiger partial charge in [-0.25, -0.2) is 0 Å². The van der Waals surface area contributed by atoms with Crippen molar-refractivity contribution in [2.24, 2.45) is 22.3 Å². The molecule has 0 heterocycles. The standard InChI is InChI=1S/C43H56N2O3/c1-5-40(33-47-31-29-44,42(7-3,35-21-13-9-14-22-35)36-23-15-10-16-24-36)39(46)41(6-2,34-48-32-30-45)43(8-4,37-25-17-11-18-26-37)38-27-19-12-20-28-38/h9-28H,5-8,29-34,44-45H2,1-4H3. The molecule has 4 aromatic rings. The third-order valence-corrected chi connectivity index (χ3v) is 11.1. The first-order valence-corrected chi connectivity index (χ1v) is 17.8. The van der Waals surface area contributed by atoms with Crippen molar-refractivity contribution in [2.45, 2.75) is 64.2 Å². The van der Waals surface area contributed by atoms with E-state index >= 15 is 4.79 Å². The minimum absolute atomic E-state index is 0.151.